The SMILES string of the molecule is CCOc1ccccc1OCCCOCCNC. The molecule has 0 amide bonds. The maximum absolute atomic E-state index is 5.68. The summed E-state index contributed by atoms with van der Waals surface area (Å²) in [5, 5.41) is 3.03. The van der Waals surface area contributed by atoms with Gasteiger partial charge in [0.1, 0.15) is 0 Å². The Bertz CT molecular complexity index is 318. The van der Waals surface area contributed by atoms with Crippen LogP contribution in [0.2, 0.25) is 0 Å². The molecule has 4 nitrogen and oxygen atoms in total. The molecule has 18 heavy (non-hydrogen) atoms. The van der Waals surface area contributed by atoms with Gasteiger partial charge in [0.2, 0.25) is 0 Å². The summed E-state index contributed by atoms with van der Waals surface area (Å²) in [6.45, 7) is 5.60. The molecule has 0 unspecified atom stereocenters. The summed E-state index contributed by atoms with van der Waals surface area (Å²) < 4.78 is 16.6. The highest BCUT2D eigenvalue weighted by molar-refractivity contribution is 5.39. The van der Waals surface area contributed by atoms with Gasteiger partial charge in [-0.05, 0) is 26.1 Å². The molecule has 0 aliphatic heterocycles. The zero-order valence-corrected chi connectivity index (χ0v) is 11.3. The molecule has 0 aliphatic carbocycles. The molecule has 0 saturated carbocycles. The molecule has 0 atom stereocenters. The lowest BCUT2D eigenvalue weighted by Crippen LogP contribution is -2.15. The van der Waals surface area contributed by atoms with Crippen LogP contribution in [0.25, 0.3) is 0 Å². The van der Waals surface area contributed by atoms with Crippen LogP contribution in [0.1, 0.15) is 13.3 Å². The van der Waals surface area contributed by atoms with Crippen LogP contribution in [0, 0.1) is 0 Å². The lowest BCUT2D eigenvalue weighted by atomic mass is 10.3. The van der Waals surface area contributed by atoms with Gasteiger partial charge < -0.3 is 19.5 Å². The summed E-state index contributed by atoms with van der Waals surface area (Å²) in [6, 6.07) is 7.73. The first kappa shape index (κ1) is 14.8. The quantitative estimate of drug-likeness (QED) is 0.648. The third kappa shape index (κ3) is 5.89. The first-order valence-electron chi connectivity index (χ1n) is 6.45. The maximum Gasteiger partial charge on any atom is 0.161 e. The molecule has 0 fully saturated rings. The van der Waals surface area contributed by atoms with Crippen LogP contribution < -0.4 is 14.8 Å². The van der Waals surface area contributed by atoms with E-state index in [9.17, 15) is 0 Å². The molecular formula is C14H23NO3. The van der Waals surface area contributed by atoms with Crippen LogP contribution in [0.3, 0.4) is 0 Å². The predicted octanol–water partition coefficient (Wildman–Crippen LogP) is 2.09. The van der Waals surface area contributed by atoms with Gasteiger partial charge in [-0.15, -0.1) is 0 Å². The Morgan fingerprint density at radius 1 is 1.00 bits per heavy atom. The zero-order valence-electron chi connectivity index (χ0n) is 11.3. The fraction of sp³-hybridized carbons (Fsp3) is 0.571. The number of para-hydroxylation sites is 2. The van der Waals surface area contributed by atoms with E-state index in [2.05, 4.69) is 5.32 Å². The second kappa shape index (κ2) is 9.74. The van der Waals surface area contributed by atoms with E-state index >= 15 is 0 Å². The minimum atomic E-state index is 0.643. The Kier molecular flexibility index (Phi) is 8.01. The molecule has 0 heterocycles. The van der Waals surface area contributed by atoms with Crippen molar-refractivity contribution in [3.05, 3.63) is 24.3 Å². The number of likely N-dealkylation sites (N-methyl/N-ethyl adjacent to an activating group) is 1. The Morgan fingerprint density at radius 2 is 1.72 bits per heavy atom. The number of nitrogens with one attached hydrogen (secondary N) is 1. The third-order valence-corrected chi connectivity index (χ3v) is 2.34. The minimum Gasteiger partial charge on any atom is -0.490 e. The van der Waals surface area contributed by atoms with Crippen LogP contribution in [-0.4, -0.2) is 40.0 Å². The third-order valence-electron chi connectivity index (χ3n) is 2.34. The number of hydrogen-bond donors (Lipinski definition) is 1. The molecule has 1 rings (SSSR count). The van der Waals surface area contributed by atoms with E-state index in [0.29, 0.717) is 13.2 Å². The lowest BCUT2D eigenvalue weighted by molar-refractivity contribution is 0.121. The molecule has 0 radical (unpaired) electrons. The molecule has 0 spiro atoms. The fourth-order valence-corrected chi connectivity index (χ4v) is 1.46. The van der Waals surface area contributed by atoms with E-state index in [4.69, 9.17) is 14.2 Å². The average molecular weight is 253 g/mol. The van der Waals surface area contributed by atoms with Crippen molar-refractivity contribution in [3.63, 3.8) is 0 Å². The van der Waals surface area contributed by atoms with Gasteiger partial charge in [0, 0.05) is 19.6 Å². The first-order chi connectivity index (χ1) is 8.88. The van der Waals surface area contributed by atoms with Crippen LogP contribution in [0.5, 0.6) is 11.5 Å². The number of benzene rings is 1. The average Bonchev–Trinajstić information content (AvgIpc) is 2.40. The van der Waals surface area contributed by atoms with E-state index in [0.717, 1.165) is 37.7 Å². The van der Waals surface area contributed by atoms with Gasteiger partial charge in [-0.25, -0.2) is 0 Å². The van der Waals surface area contributed by atoms with Crippen molar-refractivity contribution < 1.29 is 14.2 Å². The van der Waals surface area contributed by atoms with Crippen LogP contribution in [0.4, 0.5) is 0 Å². The molecular weight excluding hydrogens is 230 g/mol. The Labute approximate surface area is 109 Å². The van der Waals surface area contributed by atoms with Gasteiger partial charge in [-0.3, -0.25) is 0 Å². The Hall–Kier alpha value is -1.26. The Balaban J connectivity index is 2.18. The van der Waals surface area contributed by atoms with E-state index in [1.165, 1.54) is 0 Å². The summed E-state index contributed by atoms with van der Waals surface area (Å²) in [4.78, 5) is 0. The number of hydrogen-bond acceptors (Lipinski definition) is 4. The number of rotatable bonds is 10. The lowest BCUT2D eigenvalue weighted by Gasteiger charge is -2.11. The van der Waals surface area contributed by atoms with Gasteiger partial charge in [0.25, 0.3) is 0 Å². The summed E-state index contributed by atoms with van der Waals surface area (Å²) in [6.07, 6.45) is 0.879. The highest BCUT2D eigenvalue weighted by atomic mass is 16.5. The molecule has 0 aliphatic rings. The predicted molar refractivity (Wildman–Crippen MR) is 72.5 cm³/mol. The zero-order chi connectivity index (χ0) is 13.1. The smallest absolute Gasteiger partial charge is 0.161 e. The monoisotopic (exact) mass is 253 g/mol. The van der Waals surface area contributed by atoms with Crippen molar-refractivity contribution in [1.82, 2.24) is 5.32 Å². The van der Waals surface area contributed by atoms with Gasteiger partial charge >= 0.3 is 0 Å². The summed E-state index contributed by atoms with van der Waals surface area (Å²) in [5.74, 6) is 1.60. The van der Waals surface area contributed by atoms with Gasteiger partial charge in [-0.1, -0.05) is 12.1 Å². The highest BCUT2D eigenvalue weighted by Crippen LogP contribution is 2.26. The van der Waals surface area contributed by atoms with Crippen molar-refractivity contribution in [3.8, 4) is 11.5 Å². The number of ether oxygens (including phenoxy) is 3. The standard InChI is InChI=1S/C14H23NO3/c1-3-17-13-7-4-5-8-14(13)18-11-6-10-16-12-9-15-2/h4-5,7-8,15H,3,6,9-12H2,1-2H3. The van der Waals surface area contributed by atoms with Crippen LogP contribution in [0.15, 0.2) is 24.3 Å². The van der Waals surface area contributed by atoms with Crippen molar-refractivity contribution >= 4 is 0 Å². The molecule has 0 aromatic heterocycles. The minimum absolute atomic E-state index is 0.643. The molecule has 1 N–H and O–H groups in total. The van der Waals surface area contributed by atoms with Crippen LogP contribution >= 0.6 is 0 Å². The van der Waals surface area contributed by atoms with E-state index in [1.807, 2.05) is 38.2 Å². The topological polar surface area (TPSA) is 39.7 Å². The van der Waals surface area contributed by atoms with Gasteiger partial charge in [-0.2, -0.15) is 0 Å². The fourth-order valence-electron chi connectivity index (χ4n) is 1.46. The second-order valence-corrected chi connectivity index (χ2v) is 3.80. The van der Waals surface area contributed by atoms with Crippen molar-refractivity contribution in [1.29, 1.82) is 0 Å². The highest BCUT2D eigenvalue weighted by Gasteiger charge is 2.02. The molecule has 0 saturated heterocycles. The van der Waals surface area contributed by atoms with Crippen LogP contribution in [-0.2, 0) is 4.74 Å². The molecule has 1 aromatic carbocycles. The summed E-state index contributed by atoms with van der Waals surface area (Å²) in [7, 11) is 1.91. The Morgan fingerprint density at radius 3 is 2.39 bits per heavy atom. The van der Waals surface area contributed by atoms with E-state index in [-0.39, 0.29) is 0 Å². The van der Waals surface area contributed by atoms with Crippen molar-refractivity contribution in [2.45, 2.75) is 13.3 Å². The summed E-state index contributed by atoms with van der Waals surface area (Å²) in [5.41, 5.74) is 0. The van der Waals surface area contributed by atoms with Gasteiger partial charge in [0.05, 0.1) is 19.8 Å². The molecule has 1 aromatic rings. The normalized spacial score (nSPS) is 10.3. The summed E-state index contributed by atoms with van der Waals surface area (Å²) >= 11 is 0. The molecule has 102 valence electrons. The molecule has 0 bridgehead atoms. The van der Waals surface area contributed by atoms with Crippen molar-refractivity contribution in [2.24, 2.45) is 0 Å². The second-order valence-electron chi connectivity index (χ2n) is 3.80. The van der Waals surface area contributed by atoms with E-state index in [1.54, 1.807) is 0 Å². The molecule has 4 heteroatoms. The largest absolute Gasteiger partial charge is 0.490 e. The van der Waals surface area contributed by atoms with E-state index < -0.39 is 0 Å². The first-order valence-corrected chi connectivity index (χ1v) is 6.45. The van der Waals surface area contributed by atoms with Gasteiger partial charge in [0.15, 0.2) is 11.5 Å². The maximum atomic E-state index is 5.68. The van der Waals surface area contributed by atoms with Crippen molar-refractivity contribution in [2.75, 3.05) is 40.0 Å².